The summed E-state index contributed by atoms with van der Waals surface area (Å²) >= 11 is 7.46. The molecule has 0 aliphatic heterocycles. The van der Waals surface area contributed by atoms with Crippen LogP contribution in [-0.2, 0) is 0 Å². The van der Waals surface area contributed by atoms with Crippen molar-refractivity contribution in [2.45, 2.75) is 0 Å². The SMILES string of the molecule is Clc1nc(Oc2ccc3ccccc3c2)c2ccsc2n1. The Balaban J connectivity index is 1.80. The number of hydrogen-bond acceptors (Lipinski definition) is 4. The van der Waals surface area contributed by atoms with Crippen molar-refractivity contribution in [3.05, 3.63) is 59.2 Å². The van der Waals surface area contributed by atoms with Gasteiger partial charge < -0.3 is 4.74 Å². The molecule has 2 heterocycles. The van der Waals surface area contributed by atoms with Gasteiger partial charge in [0.1, 0.15) is 10.6 Å². The third-order valence-electron chi connectivity index (χ3n) is 3.20. The Bertz CT molecular complexity index is 951. The molecule has 3 nitrogen and oxygen atoms in total. The summed E-state index contributed by atoms with van der Waals surface area (Å²) in [6.07, 6.45) is 0. The Morgan fingerprint density at radius 3 is 2.71 bits per heavy atom. The van der Waals surface area contributed by atoms with Gasteiger partial charge >= 0.3 is 0 Å². The Kier molecular flexibility index (Phi) is 2.98. The zero-order valence-electron chi connectivity index (χ0n) is 10.8. The molecule has 2 aromatic heterocycles. The minimum Gasteiger partial charge on any atom is -0.438 e. The van der Waals surface area contributed by atoms with Gasteiger partial charge in [-0.2, -0.15) is 4.98 Å². The van der Waals surface area contributed by atoms with Gasteiger partial charge in [0, 0.05) is 0 Å². The molecule has 0 N–H and O–H groups in total. The van der Waals surface area contributed by atoms with Crippen LogP contribution in [0.25, 0.3) is 21.0 Å². The summed E-state index contributed by atoms with van der Waals surface area (Å²) in [6, 6.07) is 16.0. The van der Waals surface area contributed by atoms with E-state index in [9.17, 15) is 0 Å². The van der Waals surface area contributed by atoms with E-state index in [2.05, 4.69) is 22.1 Å². The molecule has 0 aliphatic rings. The Hall–Kier alpha value is -2.17. The summed E-state index contributed by atoms with van der Waals surface area (Å²) in [7, 11) is 0. The lowest BCUT2D eigenvalue weighted by atomic mass is 10.1. The number of benzene rings is 2. The van der Waals surface area contributed by atoms with Crippen molar-refractivity contribution < 1.29 is 4.74 Å². The molecule has 0 amide bonds. The van der Waals surface area contributed by atoms with E-state index in [0.29, 0.717) is 5.88 Å². The summed E-state index contributed by atoms with van der Waals surface area (Å²) < 4.78 is 5.91. The van der Waals surface area contributed by atoms with Gasteiger partial charge in [0.25, 0.3) is 0 Å². The first-order chi connectivity index (χ1) is 10.3. The second-order valence-electron chi connectivity index (χ2n) is 4.55. The number of hydrogen-bond donors (Lipinski definition) is 0. The highest BCUT2D eigenvalue weighted by Gasteiger charge is 2.10. The summed E-state index contributed by atoms with van der Waals surface area (Å²) in [6.45, 7) is 0. The summed E-state index contributed by atoms with van der Waals surface area (Å²) in [5, 5.41) is 5.31. The van der Waals surface area contributed by atoms with Gasteiger partial charge in [-0.1, -0.05) is 30.3 Å². The van der Waals surface area contributed by atoms with Crippen LogP contribution >= 0.6 is 22.9 Å². The molecule has 5 heteroatoms. The second kappa shape index (κ2) is 4.98. The Morgan fingerprint density at radius 2 is 1.81 bits per heavy atom. The molecule has 0 saturated heterocycles. The van der Waals surface area contributed by atoms with Crippen LogP contribution in [0.2, 0.25) is 5.28 Å². The monoisotopic (exact) mass is 312 g/mol. The van der Waals surface area contributed by atoms with Crippen molar-refractivity contribution in [1.29, 1.82) is 0 Å². The van der Waals surface area contributed by atoms with Crippen LogP contribution in [0.5, 0.6) is 11.6 Å². The minimum atomic E-state index is 0.195. The van der Waals surface area contributed by atoms with E-state index < -0.39 is 0 Å². The zero-order chi connectivity index (χ0) is 14.2. The predicted octanol–water partition coefficient (Wildman–Crippen LogP) is 5.29. The lowest BCUT2D eigenvalue weighted by molar-refractivity contribution is 0.469. The highest BCUT2D eigenvalue weighted by atomic mass is 35.5. The number of rotatable bonds is 2. The fourth-order valence-electron chi connectivity index (χ4n) is 2.22. The van der Waals surface area contributed by atoms with Crippen molar-refractivity contribution in [3.8, 4) is 11.6 Å². The number of ether oxygens (including phenoxy) is 1. The van der Waals surface area contributed by atoms with Gasteiger partial charge in [0.2, 0.25) is 11.2 Å². The minimum absolute atomic E-state index is 0.195. The van der Waals surface area contributed by atoms with Crippen molar-refractivity contribution in [2.24, 2.45) is 0 Å². The molecular weight excluding hydrogens is 304 g/mol. The number of nitrogens with zero attached hydrogens (tertiary/aromatic N) is 2. The molecule has 2 aromatic carbocycles. The molecule has 4 rings (SSSR count). The van der Waals surface area contributed by atoms with Gasteiger partial charge in [0.15, 0.2) is 0 Å². The van der Waals surface area contributed by atoms with Gasteiger partial charge in [-0.3, -0.25) is 0 Å². The van der Waals surface area contributed by atoms with Crippen molar-refractivity contribution in [2.75, 3.05) is 0 Å². The van der Waals surface area contributed by atoms with Crippen LogP contribution in [0.15, 0.2) is 53.9 Å². The molecule has 0 radical (unpaired) electrons. The first kappa shape index (κ1) is 12.6. The Labute approximate surface area is 129 Å². The third-order valence-corrected chi connectivity index (χ3v) is 4.17. The molecule has 0 aliphatic carbocycles. The normalized spacial score (nSPS) is 11.1. The highest BCUT2D eigenvalue weighted by Crippen LogP contribution is 2.32. The van der Waals surface area contributed by atoms with Crippen LogP contribution in [-0.4, -0.2) is 9.97 Å². The third kappa shape index (κ3) is 2.33. The fraction of sp³-hybridized carbons (Fsp3) is 0. The smallest absolute Gasteiger partial charge is 0.232 e. The molecule has 4 aromatic rings. The number of fused-ring (bicyclic) bond motifs is 2. The van der Waals surface area contributed by atoms with Crippen molar-refractivity contribution >= 4 is 43.9 Å². The lowest BCUT2D eigenvalue weighted by Crippen LogP contribution is -1.91. The maximum absolute atomic E-state index is 5.95. The number of aromatic nitrogens is 2. The number of halogens is 1. The van der Waals surface area contributed by atoms with Gasteiger partial charge in [0.05, 0.1) is 5.39 Å². The maximum Gasteiger partial charge on any atom is 0.232 e. The van der Waals surface area contributed by atoms with Crippen LogP contribution < -0.4 is 4.74 Å². The topological polar surface area (TPSA) is 35.0 Å². The van der Waals surface area contributed by atoms with Crippen molar-refractivity contribution in [3.63, 3.8) is 0 Å². The van der Waals surface area contributed by atoms with E-state index >= 15 is 0 Å². The van der Waals surface area contributed by atoms with Crippen LogP contribution in [0.3, 0.4) is 0 Å². The molecule has 21 heavy (non-hydrogen) atoms. The van der Waals surface area contributed by atoms with Crippen LogP contribution in [0.4, 0.5) is 0 Å². The van der Waals surface area contributed by atoms with E-state index in [1.807, 2.05) is 41.8 Å². The average Bonchev–Trinajstić information content (AvgIpc) is 2.95. The molecule has 0 unspecified atom stereocenters. The van der Waals surface area contributed by atoms with Crippen molar-refractivity contribution in [1.82, 2.24) is 9.97 Å². The standard InChI is InChI=1S/C16H9ClN2OS/c17-16-18-14(13-7-8-21-15(13)19-16)20-12-6-5-10-3-1-2-4-11(10)9-12/h1-9H. The van der Waals surface area contributed by atoms with E-state index in [1.165, 1.54) is 16.7 Å². The highest BCUT2D eigenvalue weighted by molar-refractivity contribution is 7.16. The molecule has 102 valence electrons. The predicted molar refractivity (Wildman–Crippen MR) is 86.4 cm³/mol. The quantitative estimate of drug-likeness (QED) is 0.472. The Morgan fingerprint density at radius 1 is 0.952 bits per heavy atom. The van der Waals surface area contributed by atoms with E-state index in [1.54, 1.807) is 0 Å². The fourth-order valence-corrected chi connectivity index (χ4v) is 3.19. The summed E-state index contributed by atoms with van der Waals surface area (Å²) in [5.74, 6) is 1.22. The molecule has 0 saturated carbocycles. The maximum atomic E-state index is 5.95. The van der Waals surface area contributed by atoms with Crippen LogP contribution in [0.1, 0.15) is 0 Å². The molecule has 0 bridgehead atoms. The van der Waals surface area contributed by atoms with E-state index in [-0.39, 0.29) is 5.28 Å². The first-order valence-electron chi connectivity index (χ1n) is 6.37. The van der Waals surface area contributed by atoms with E-state index in [0.717, 1.165) is 21.4 Å². The zero-order valence-corrected chi connectivity index (χ0v) is 12.4. The summed E-state index contributed by atoms with van der Waals surface area (Å²) in [4.78, 5) is 9.19. The average molecular weight is 313 g/mol. The largest absolute Gasteiger partial charge is 0.438 e. The molecule has 0 fully saturated rings. The van der Waals surface area contributed by atoms with Gasteiger partial charge in [-0.15, -0.1) is 11.3 Å². The van der Waals surface area contributed by atoms with Gasteiger partial charge in [-0.25, -0.2) is 4.98 Å². The molecule has 0 atom stereocenters. The second-order valence-corrected chi connectivity index (χ2v) is 5.78. The lowest BCUT2D eigenvalue weighted by Gasteiger charge is -2.07. The first-order valence-corrected chi connectivity index (χ1v) is 7.63. The number of thiophene rings is 1. The molecule has 0 spiro atoms. The van der Waals surface area contributed by atoms with E-state index in [4.69, 9.17) is 16.3 Å². The van der Waals surface area contributed by atoms with Gasteiger partial charge in [-0.05, 0) is 46.0 Å². The summed E-state index contributed by atoms with van der Waals surface area (Å²) in [5.41, 5.74) is 0. The molecular formula is C16H9ClN2OS. The van der Waals surface area contributed by atoms with Crippen LogP contribution in [0, 0.1) is 0 Å².